The minimum atomic E-state index is -0.349. The third kappa shape index (κ3) is 3.04. The lowest BCUT2D eigenvalue weighted by atomic mass is 10.1. The van der Waals surface area contributed by atoms with E-state index in [9.17, 15) is 9.18 Å². The fourth-order valence-electron chi connectivity index (χ4n) is 1.82. The third-order valence-electron chi connectivity index (χ3n) is 2.90. The van der Waals surface area contributed by atoms with E-state index in [4.69, 9.17) is 0 Å². The van der Waals surface area contributed by atoms with Gasteiger partial charge in [-0.15, -0.1) is 0 Å². The van der Waals surface area contributed by atoms with Gasteiger partial charge in [0.05, 0.1) is 4.90 Å². The van der Waals surface area contributed by atoms with Crippen LogP contribution in [0.4, 0.5) is 4.39 Å². The van der Waals surface area contributed by atoms with Gasteiger partial charge < -0.3 is 0 Å². The molecule has 0 amide bonds. The van der Waals surface area contributed by atoms with Gasteiger partial charge in [-0.25, -0.2) is 4.39 Å². The quantitative estimate of drug-likeness (QED) is 0.748. The molecule has 0 aromatic heterocycles. The van der Waals surface area contributed by atoms with Gasteiger partial charge in [0.15, 0.2) is 5.78 Å². The van der Waals surface area contributed by atoms with Gasteiger partial charge >= 0.3 is 0 Å². The number of carbonyl (C=O) groups excluding carboxylic acids is 1. The standard InChI is InChI=1S/C16H15FOS/c1-10-7-8-11(2)15(9-10)19-16-13(12(3)18)5-4-6-14(16)17/h4-9H,1-3H3. The van der Waals surface area contributed by atoms with Crippen LogP contribution in [-0.2, 0) is 0 Å². The second kappa shape index (κ2) is 5.57. The molecule has 0 radical (unpaired) electrons. The molecule has 2 aromatic rings. The molecule has 1 nitrogen and oxygen atoms in total. The van der Waals surface area contributed by atoms with Crippen molar-refractivity contribution in [2.45, 2.75) is 30.6 Å². The van der Waals surface area contributed by atoms with Crippen LogP contribution in [0.1, 0.15) is 28.4 Å². The van der Waals surface area contributed by atoms with Crippen molar-refractivity contribution in [3.8, 4) is 0 Å². The second-order valence-electron chi connectivity index (χ2n) is 4.54. The fraction of sp³-hybridized carbons (Fsp3) is 0.188. The Hall–Kier alpha value is -1.61. The summed E-state index contributed by atoms with van der Waals surface area (Å²) >= 11 is 1.31. The predicted molar refractivity (Wildman–Crippen MR) is 76.4 cm³/mol. The van der Waals surface area contributed by atoms with Crippen LogP contribution in [0.5, 0.6) is 0 Å². The lowest BCUT2D eigenvalue weighted by Crippen LogP contribution is -1.97. The molecule has 0 saturated carbocycles. The van der Waals surface area contributed by atoms with Crippen LogP contribution in [-0.4, -0.2) is 5.78 Å². The topological polar surface area (TPSA) is 17.1 Å². The Kier molecular flexibility index (Phi) is 4.05. The highest BCUT2D eigenvalue weighted by atomic mass is 32.2. The first-order chi connectivity index (χ1) is 8.99. The van der Waals surface area contributed by atoms with Crippen LogP contribution >= 0.6 is 11.8 Å². The summed E-state index contributed by atoms with van der Waals surface area (Å²) in [5.74, 6) is -0.467. The van der Waals surface area contributed by atoms with Gasteiger partial charge in [-0.05, 0) is 44.0 Å². The Morgan fingerprint density at radius 2 is 1.89 bits per heavy atom. The molecule has 0 heterocycles. The van der Waals surface area contributed by atoms with E-state index in [0.717, 1.165) is 16.0 Å². The van der Waals surface area contributed by atoms with E-state index in [1.54, 1.807) is 12.1 Å². The van der Waals surface area contributed by atoms with E-state index in [0.29, 0.717) is 10.5 Å². The van der Waals surface area contributed by atoms with Crippen molar-refractivity contribution in [2.24, 2.45) is 0 Å². The first-order valence-corrected chi connectivity index (χ1v) is 6.85. The highest BCUT2D eigenvalue weighted by molar-refractivity contribution is 7.99. The molecule has 0 atom stereocenters. The highest BCUT2D eigenvalue weighted by Crippen LogP contribution is 2.35. The number of benzene rings is 2. The van der Waals surface area contributed by atoms with E-state index in [2.05, 4.69) is 0 Å². The van der Waals surface area contributed by atoms with Gasteiger partial charge in [-0.1, -0.05) is 36.0 Å². The van der Waals surface area contributed by atoms with Crippen molar-refractivity contribution in [1.29, 1.82) is 0 Å². The SMILES string of the molecule is CC(=O)c1cccc(F)c1Sc1cc(C)ccc1C. The molecule has 0 saturated heterocycles. The summed E-state index contributed by atoms with van der Waals surface area (Å²) in [4.78, 5) is 13.0. The molecule has 0 aliphatic rings. The number of hydrogen-bond acceptors (Lipinski definition) is 2. The summed E-state index contributed by atoms with van der Waals surface area (Å²) in [5.41, 5.74) is 2.63. The van der Waals surface area contributed by atoms with Crippen LogP contribution in [0, 0.1) is 19.7 Å². The van der Waals surface area contributed by atoms with Crippen LogP contribution in [0.2, 0.25) is 0 Å². The number of rotatable bonds is 3. The average Bonchev–Trinajstić information content (AvgIpc) is 2.35. The number of Topliss-reactive ketones (excluding diaryl/α,β-unsaturated/α-hetero) is 1. The van der Waals surface area contributed by atoms with E-state index >= 15 is 0 Å². The summed E-state index contributed by atoms with van der Waals surface area (Å²) in [6.45, 7) is 5.44. The minimum Gasteiger partial charge on any atom is -0.294 e. The van der Waals surface area contributed by atoms with Crippen LogP contribution < -0.4 is 0 Å². The molecule has 98 valence electrons. The Morgan fingerprint density at radius 1 is 1.16 bits per heavy atom. The number of aryl methyl sites for hydroxylation is 2. The van der Waals surface area contributed by atoms with Crippen molar-refractivity contribution in [1.82, 2.24) is 0 Å². The van der Waals surface area contributed by atoms with Gasteiger partial charge in [0.25, 0.3) is 0 Å². The summed E-state index contributed by atoms with van der Waals surface area (Å²) in [6, 6.07) is 10.7. The molecule has 19 heavy (non-hydrogen) atoms. The first kappa shape index (κ1) is 13.8. The average molecular weight is 274 g/mol. The van der Waals surface area contributed by atoms with E-state index in [1.165, 1.54) is 24.8 Å². The van der Waals surface area contributed by atoms with Gasteiger partial charge in [-0.3, -0.25) is 4.79 Å². The Balaban J connectivity index is 2.49. The largest absolute Gasteiger partial charge is 0.294 e. The first-order valence-electron chi connectivity index (χ1n) is 6.03. The molecule has 0 spiro atoms. The Labute approximate surface area is 116 Å². The minimum absolute atomic E-state index is 0.118. The maximum Gasteiger partial charge on any atom is 0.161 e. The zero-order chi connectivity index (χ0) is 14.0. The molecular weight excluding hydrogens is 259 g/mol. The Morgan fingerprint density at radius 3 is 2.58 bits per heavy atom. The molecule has 0 fully saturated rings. The van der Waals surface area contributed by atoms with Crippen LogP contribution in [0.15, 0.2) is 46.2 Å². The summed E-state index contributed by atoms with van der Waals surface area (Å²) in [7, 11) is 0. The van der Waals surface area contributed by atoms with E-state index in [1.807, 2.05) is 32.0 Å². The lowest BCUT2D eigenvalue weighted by Gasteiger charge is -2.10. The monoisotopic (exact) mass is 274 g/mol. The molecule has 2 rings (SSSR count). The molecule has 0 N–H and O–H groups in total. The third-order valence-corrected chi connectivity index (χ3v) is 4.18. The van der Waals surface area contributed by atoms with Crippen LogP contribution in [0.25, 0.3) is 0 Å². The lowest BCUT2D eigenvalue weighted by molar-refractivity contribution is 0.101. The molecule has 0 aliphatic carbocycles. The normalized spacial score (nSPS) is 10.5. The fourth-order valence-corrected chi connectivity index (χ4v) is 3.00. The zero-order valence-electron chi connectivity index (χ0n) is 11.2. The maximum atomic E-state index is 14.0. The Bertz CT molecular complexity index is 635. The van der Waals surface area contributed by atoms with E-state index < -0.39 is 0 Å². The molecule has 0 aliphatic heterocycles. The van der Waals surface area contributed by atoms with Crippen molar-refractivity contribution in [2.75, 3.05) is 0 Å². The summed E-state index contributed by atoms with van der Waals surface area (Å²) < 4.78 is 14.0. The van der Waals surface area contributed by atoms with Crippen molar-refractivity contribution in [3.63, 3.8) is 0 Å². The number of carbonyl (C=O) groups is 1. The summed E-state index contributed by atoms with van der Waals surface area (Å²) in [5, 5.41) is 0. The van der Waals surface area contributed by atoms with Crippen LogP contribution in [0.3, 0.4) is 0 Å². The molecule has 0 bridgehead atoms. The van der Waals surface area contributed by atoms with Crippen molar-refractivity contribution in [3.05, 3.63) is 58.9 Å². The van der Waals surface area contributed by atoms with Gasteiger partial charge in [-0.2, -0.15) is 0 Å². The van der Waals surface area contributed by atoms with Crippen molar-refractivity contribution < 1.29 is 9.18 Å². The number of hydrogen-bond donors (Lipinski definition) is 0. The van der Waals surface area contributed by atoms with Gasteiger partial charge in [0.1, 0.15) is 5.82 Å². The molecule has 3 heteroatoms. The molecular formula is C16H15FOS. The van der Waals surface area contributed by atoms with E-state index in [-0.39, 0.29) is 11.6 Å². The van der Waals surface area contributed by atoms with Crippen molar-refractivity contribution >= 4 is 17.5 Å². The second-order valence-corrected chi connectivity index (χ2v) is 5.60. The zero-order valence-corrected chi connectivity index (χ0v) is 12.0. The molecule has 2 aromatic carbocycles. The highest BCUT2D eigenvalue weighted by Gasteiger charge is 2.14. The molecule has 0 unspecified atom stereocenters. The number of ketones is 1. The van der Waals surface area contributed by atoms with Gasteiger partial charge in [0, 0.05) is 10.5 Å². The maximum absolute atomic E-state index is 14.0. The summed E-state index contributed by atoms with van der Waals surface area (Å²) in [6.07, 6.45) is 0. The number of halogens is 1. The smallest absolute Gasteiger partial charge is 0.161 e. The van der Waals surface area contributed by atoms with Gasteiger partial charge in [0.2, 0.25) is 0 Å². The predicted octanol–water partition coefficient (Wildman–Crippen LogP) is 4.80.